The Hall–Kier alpha value is -1.78. The summed E-state index contributed by atoms with van der Waals surface area (Å²) in [6, 6.07) is 3.84. The number of nitrogens with two attached hydrogens (primary N) is 1. The van der Waals surface area contributed by atoms with Gasteiger partial charge in [0.1, 0.15) is 11.6 Å². The van der Waals surface area contributed by atoms with Gasteiger partial charge in [-0.1, -0.05) is 19.8 Å². The maximum absolute atomic E-state index is 13.1. The minimum atomic E-state index is -0.703. The molecule has 1 unspecified atom stereocenters. The molecule has 4 nitrogen and oxygen atoms in total. The smallest absolute Gasteiger partial charge is 0.260 e. The Kier molecular flexibility index (Phi) is 6.12. The molecule has 1 aromatic rings. The molecule has 0 bridgehead atoms. The van der Waals surface area contributed by atoms with Crippen molar-refractivity contribution in [1.82, 2.24) is 5.32 Å². The summed E-state index contributed by atoms with van der Waals surface area (Å²) in [6.45, 7) is 4.33. The maximum Gasteiger partial charge on any atom is 0.260 e. The molecule has 0 aliphatic heterocycles. The van der Waals surface area contributed by atoms with Crippen LogP contribution >= 0.6 is 0 Å². The summed E-state index contributed by atoms with van der Waals surface area (Å²) >= 11 is 0. The van der Waals surface area contributed by atoms with Crippen molar-refractivity contribution < 1.29 is 13.9 Å². The molecule has 1 aromatic carbocycles. The van der Waals surface area contributed by atoms with E-state index in [0.717, 1.165) is 19.3 Å². The Labute approximate surface area is 113 Å². The molecule has 0 saturated heterocycles. The van der Waals surface area contributed by atoms with Gasteiger partial charge in [0.15, 0.2) is 6.10 Å². The standard InChI is InChI=1S/C14H21FN2O2/c1-3-4-5-8-17-14(18)10(2)19-13-9-11(15)6-7-12(13)16/h6-7,9-10H,3-5,8,16H2,1-2H3,(H,17,18). The van der Waals surface area contributed by atoms with Gasteiger partial charge in [0.2, 0.25) is 0 Å². The van der Waals surface area contributed by atoms with E-state index in [0.29, 0.717) is 12.2 Å². The monoisotopic (exact) mass is 268 g/mol. The molecular formula is C14H21FN2O2. The van der Waals surface area contributed by atoms with Gasteiger partial charge in [-0.3, -0.25) is 4.79 Å². The largest absolute Gasteiger partial charge is 0.479 e. The molecule has 0 radical (unpaired) electrons. The number of hydrogen-bond acceptors (Lipinski definition) is 3. The summed E-state index contributed by atoms with van der Waals surface area (Å²) in [7, 11) is 0. The fraction of sp³-hybridized carbons (Fsp3) is 0.500. The first-order valence-electron chi connectivity index (χ1n) is 6.54. The summed E-state index contributed by atoms with van der Waals surface area (Å²) in [5.74, 6) is -0.476. The second-order valence-electron chi connectivity index (χ2n) is 4.44. The molecule has 1 rings (SSSR count). The Morgan fingerprint density at radius 3 is 2.89 bits per heavy atom. The van der Waals surface area contributed by atoms with Gasteiger partial charge in [-0.25, -0.2) is 4.39 Å². The zero-order chi connectivity index (χ0) is 14.3. The molecule has 106 valence electrons. The summed E-state index contributed by atoms with van der Waals surface area (Å²) in [6.07, 6.45) is 2.41. The van der Waals surface area contributed by atoms with Crippen LogP contribution in [0.25, 0.3) is 0 Å². The molecular weight excluding hydrogens is 247 g/mol. The average Bonchev–Trinajstić information content (AvgIpc) is 2.38. The van der Waals surface area contributed by atoms with Crippen LogP contribution in [0.15, 0.2) is 18.2 Å². The third-order valence-corrected chi connectivity index (χ3v) is 2.73. The topological polar surface area (TPSA) is 64.3 Å². The molecule has 5 heteroatoms. The minimum absolute atomic E-state index is 0.191. The van der Waals surface area contributed by atoms with Gasteiger partial charge in [-0.05, 0) is 25.5 Å². The van der Waals surface area contributed by atoms with Crippen LogP contribution in [0.4, 0.5) is 10.1 Å². The number of rotatable bonds is 7. The van der Waals surface area contributed by atoms with Crippen molar-refractivity contribution in [3.8, 4) is 5.75 Å². The summed E-state index contributed by atoms with van der Waals surface area (Å²) < 4.78 is 18.4. The quantitative estimate of drug-likeness (QED) is 0.590. The van der Waals surface area contributed by atoms with Gasteiger partial charge in [-0.15, -0.1) is 0 Å². The second kappa shape index (κ2) is 7.61. The number of halogens is 1. The molecule has 0 aromatic heterocycles. The zero-order valence-electron chi connectivity index (χ0n) is 11.4. The van der Waals surface area contributed by atoms with E-state index < -0.39 is 11.9 Å². The number of amides is 1. The third kappa shape index (κ3) is 5.16. The lowest BCUT2D eigenvalue weighted by molar-refractivity contribution is -0.127. The van der Waals surface area contributed by atoms with Crippen molar-refractivity contribution in [3.05, 3.63) is 24.0 Å². The van der Waals surface area contributed by atoms with Crippen LogP contribution in [-0.4, -0.2) is 18.6 Å². The molecule has 0 fully saturated rings. The number of unbranched alkanes of at least 4 members (excludes halogenated alkanes) is 2. The Bertz CT molecular complexity index is 424. The number of anilines is 1. The third-order valence-electron chi connectivity index (χ3n) is 2.73. The van der Waals surface area contributed by atoms with Crippen molar-refractivity contribution >= 4 is 11.6 Å². The highest BCUT2D eigenvalue weighted by Crippen LogP contribution is 2.23. The Morgan fingerprint density at radius 2 is 2.21 bits per heavy atom. The van der Waals surface area contributed by atoms with Crippen LogP contribution in [0.5, 0.6) is 5.75 Å². The number of benzene rings is 1. The van der Waals surface area contributed by atoms with Crippen LogP contribution in [-0.2, 0) is 4.79 Å². The molecule has 3 N–H and O–H groups in total. The fourth-order valence-corrected chi connectivity index (χ4v) is 1.58. The summed E-state index contributed by atoms with van der Waals surface area (Å²) in [5.41, 5.74) is 5.97. The SMILES string of the molecule is CCCCCNC(=O)C(C)Oc1cc(F)ccc1N. The van der Waals surface area contributed by atoms with Crippen LogP contribution < -0.4 is 15.8 Å². The maximum atomic E-state index is 13.1. The van der Waals surface area contributed by atoms with Crippen LogP contribution in [0, 0.1) is 5.82 Å². The Morgan fingerprint density at radius 1 is 1.47 bits per heavy atom. The van der Waals surface area contributed by atoms with E-state index >= 15 is 0 Å². The molecule has 0 spiro atoms. The van der Waals surface area contributed by atoms with Crippen molar-refractivity contribution in [2.24, 2.45) is 0 Å². The highest BCUT2D eigenvalue weighted by Gasteiger charge is 2.15. The lowest BCUT2D eigenvalue weighted by Crippen LogP contribution is -2.36. The molecule has 0 aliphatic carbocycles. The highest BCUT2D eigenvalue weighted by atomic mass is 19.1. The van der Waals surface area contributed by atoms with Crippen molar-refractivity contribution in [2.75, 3.05) is 12.3 Å². The van der Waals surface area contributed by atoms with Crippen LogP contribution in [0.3, 0.4) is 0 Å². The normalized spacial score (nSPS) is 11.9. The first-order chi connectivity index (χ1) is 9.04. The predicted octanol–water partition coefficient (Wildman–Crippen LogP) is 2.48. The van der Waals surface area contributed by atoms with Crippen molar-refractivity contribution in [3.63, 3.8) is 0 Å². The van der Waals surface area contributed by atoms with E-state index in [4.69, 9.17) is 10.5 Å². The van der Waals surface area contributed by atoms with E-state index in [9.17, 15) is 9.18 Å². The van der Waals surface area contributed by atoms with Gasteiger partial charge in [0, 0.05) is 12.6 Å². The van der Waals surface area contributed by atoms with Crippen LogP contribution in [0.2, 0.25) is 0 Å². The summed E-state index contributed by atoms with van der Waals surface area (Å²) in [5, 5.41) is 2.77. The first kappa shape index (κ1) is 15.3. The van der Waals surface area contributed by atoms with Crippen molar-refractivity contribution in [2.45, 2.75) is 39.2 Å². The average molecular weight is 268 g/mol. The molecule has 0 aliphatic rings. The van der Waals surface area contributed by atoms with Crippen molar-refractivity contribution in [1.29, 1.82) is 0 Å². The number of nitrogens with one attached hydrogen (secondary N) is 1. The van der Waals surface area contributed by atoms with E-state index in [-0.39, 0.29) is 11.7 Å². The minimum Gasteiger partial charge on any atom is -0.479 e. The van der Waals surface area contributed by atoms with E-state index in [1.165, 1.54) is 18.2 Å². The first-order valence-corrected chi connectivity index (χ1v) is 6.54. The Balaban J connectivity index is 2.47. The fourth-order valence-electron chi connectivity index (χ4n) is 1.58. The molecule has 0 heterocycles. The highest BCUT2D eigenvalue weighted by molar-refractivity contribution is 5.80. The van der Waals surface area contributed by atoms with Gasteiger partial charge in [0.05, 0.1) is 5.69 Å². The molecule has 1 atom stereocenters. The van der Waals surface area contributed by atoms with Gasteiger partial charge in [0.25, 0.3) is 5.91 Å². The molecule has 1 amide bonds. The van der Waals surface area contributed by atoms with Gasteiger partial charge < -0.3 is 15.8 Å². The zero-order valence-corrected chi connectivity index (χ0v) is 11.4. The lowest BCUT2D eigenvalue weighted by Gasteiger charge is -2.16. The number of ether oxygens (including phenoxy) is 1. The lowest BCUT2D eigenvalue weighted by atomic mass is 10.2. The number of hydrogen-bond donors (Lipinski definition) is 2. The van der Waals surface area contributed by atoms with E-state index in [1.807, 2.05) is 0 Å². The number of carbonyl (C=O) groups excluding carboxylic acids is 1. The van der Waals surface area contributed by atoms with E-state index in [2.05, 4.69) is 12.2 Å². The van der Waals surface area contributed by atoms with Gasteiger partial charge >= 0.3 is 0 Å². The van der Waals surface area contributed by atoms with E-state index in [1.54, 1.807) is 6.92 Å². The number of nitrogen functional groups attached to an aromatic ring is 1. The molecule has 19 heavy (non-hydrogen) atoms. The van der Waals surface area contributed by atoms with Crippen LogP contribution in [0.1, 0.15) is 33.1 Å². The number of carbonyl (C=O) groups is 1. The summed E-state index contributed by atoms with van der Waals surface area (Å²) in [4.78, 5) is 11.7. The second-order valence-corrected chi connectivity index (χ2v) is 4.44. The van der Waals surface area contributed by atoms with Gasteiger partial charge in [-0.2, -0.15) is 0 Å². The molecule has 0 saturated carbocycles. The predicted molar refractivity (Wildman–Crippen MR) is 73.4 cm³/mol.